The zero-order valence-electron chi connectivity index (χ0n) is 8.60. The molecule has 1 rings (SSSR count). The fraction of sp³-hybridized carbons (Fsp3) is 0.400. The predicted molar refractivity (Wildman–Crippen MR) is 55.2 cm³/mol. The number of halogens is 2. The summed E-state index contributed by atoms with van der Waals surface area (Å²) in [5.74, 6) is -1.61. The Kier molecular flexibility index (Phi) is 3.39. The molecule has 0 saturated carbocycles. The van der Waals surface area contributed by atoms with E-state index in [4.69, 9.17) is 4.43 Å². The molecule has 0 aliphatic heterocycles. The Hall–Kier alpha value is -0.743. The summed E-state index contributed by atoms with van der Waals surface area (Å²) in [6, 6.07) is 3.95. The maximum absolute atomic E-state index is 12.9. The first-order valence-electron chi connectivity index (χ1n) is 4.44. The summed E-state index contributed by atoms with van der Waals surface area (Å²) in [6.45, 7) is 3.86. The first-order valence-corrected chi connectivity index (χ1v) is 5.25. The highest BCUT2D eigenvalue weighted by atomic mass is 28.2. The number of hydrogen-bond acceptors (Lipinski definition) is 1. The van der Waals surface area contributed by atoms with Gasteiger partial charge in [-0.2, -0.15) is 0 Å². The highest BCUT2D eigenvalue weighted by Gasteiger charge is 2.17. The van der Waals surface area contributed by atoms with Gasteiger partial charge in [0.05, 0.1) is 5.60 Å². The van der Waals surface area contributed by atoms with Crippen molar-refractivity contribution in [3.05, 3.63) is 35.4 Å². The van der Waals surface area contributed by atoms with Crippen LogP contribution in [0.4, 0.5) is 8.78 Å². The summed E-state index contributed by atoms with van der Waals surface area (Å²) < 4.78 is 30.8. The quantitative estimate of drug-likeness (QED) is 0.697. The zero-order chi connectivity index (χ0) is 10.8. The molecule has 1 aromatic carbocycles. The standard InChI is InChI=1S/C10H14F2OSi/c1-10(2,13-14)6-7-3-4-8(11)9(12)5-7/h3-5H,6H2,1-2,14H3. The van der Waals surface area contributed by atoms with Crippen molar-refractivity contribution < 1.29 is 13.2 Å². The van der Waals surface area contributed by atoms with Crippen LogP contribution in [0.3, 0.4) is 0 Å². The molecular formula is C10H14F2OSi. The third kappa shape index (κ3) is 2.89. The second kappa shape index (κ2) is 4.19. The van der Waals surface area contributed by atoms with Crippen LogP contribution >= 0.6 is 0 Å². The molecule has 0 atom stereocenters. The first kappa shape index (κ1) is 11.3. The predicted octanol–water partition coefficient (Wildman–Crippen LogP) is 1.58. The lowest BCUT2D eigenvalue weighted by Gasteiger charge is -2.23. The molecule has 0 N–H and O–H groups in total. The Labute approximate surface area is 85.6 Å². The summed E-state index contributed by atoms with van der Waals surface area (Å²) in [5.41, 5.74) is 0.459. The first-order chi connectivity index (χ1) is 6.44. The Balaban J connectivity index is 2.83. The lowest BCUT2D eigenvalue weighted by molar-refractivity contribution is 0.124. The molecule has 1 nitrogen and oxygen atoms in total. The van der Waals surface area contributed by atoms with Gasteiger partial charge in [0.2, 0.25) is 0 Å². The molecule has 0 aromatic heterocycles. The summed E-state index contributed by atoms with van der Waals surface area (Å²) in [4.78, 5) is 0. The van der Waals surface area contributed by atoms with Gasteiger partial charge in [0.25, 0.3) is 0 Å². The minimum Gasteiger partial charge on any atom is -0.423 e. The smallest absolute Gasteiger partial charge is 0.159 e. The Morgan fingerprint density at radius 1 is 1.29 bits per heavy atom. The van der Waals surface area contributed by atoms with E-state index in [1.165, 1.54) is 6.07 Å². The average molecular weight is 216 g/mol. The van der Waals surface area contributed by atoms with Crippen LogP contribution in [0.25, 0.3) is 0 Å². The molecular weight excluding hydrogens is 202 g/mol. The van der Waals surface area contributed by atoms with Gasteiger partial charge in [-0.15, -0.1) is 0 Å². The molecule has 1 aromatic rings. The van der Waals surface area contributed by atoms with Crippen molar-refractivity contribution >= 4 is 10.5 Å². The molecule has 0 bridgehead atoms. The van der Waals surface area contributed by atoms with Crippen LogP contribution in [0.2, 0.25) is 0 Å². The molecule has 4 heteroatoms. The van der Waals surface area contributed by atoms with Gasteiger partial charge in [-0.25, -0.2) is 8.78 Å². The van der Waals surface area contributed by atoms with Crippen LogP contribution in [0.1, 0.15) is 19.4 Å². The summed E-state index contributed by atoms with van der Waals surface area (Å²) in [7, 11) is 0.637. The van der Waals surface area contributed by atoms with Gasteiger partial charge in [-0.3, -0.25) is 0 Å². The molecule has 0 aliphatic rings. The molecule has 78 valence electrons. The van der Waals surface area contributed by atoms with Gasteiger partial charge in [0.15, 0.2) is 11.6 Å². The van der Waals surface area contributed by atoms with Gasteiger partial charge >= 0.3 is 0 Å². The largest absolute Gasteiger partial charge is 0.423 e. The van der Waals surface area contributed by atoms with Crippen LogP contribution in [0, 0.1) is 11.6 Å². The monoisotopic (exact) mass is 216 g/mol. The number of hydrogen-bond donors (Lipinski definition) is 0. The van der Waals surface area contributed by atoms with Gasteiger partial charge in [-0.1, -0.05) is 6.07 Å². The summed E-state index contributed by atoms with van der Waals surface area (Å²) >= 11 is 0. The molecule has 0 saturated heterocycles. The van der Waals surface area contributed by atoms with Crippen LogP contribution in [-0.4, -0.2) is 16.1 Å². The fourth-order valence-electron chi connectivity index (χ4n) is 1.21. The SMILES string of the molecule is CC(C)(Cc1ccc(F)c(F)c1)O[SiH3]. The third-order valence-corrected chi connectivity index (χ3v) is 3.27. The van der Waals surface area contributed by atoms with E-state index in [1.807, 2.05) is 13.8 Å². The van der Waals surface area contributed by atoms with Crippen molar-refractivity contribution in [3.8, 4) is 0 Å². The molecule has 0 heterocycles. The average Bonchev–Trinajstić information content (AvgIpc) is 2.11. The van der Waals surface area contributed by atoms with E-state index in [9.17, 15) is 8.78 Å². The van der Waals surface area contributed by atoms with E-state index < -0.39 is 11.6 Å². The minimum atomic E-state index is -0.807. The Morgan fingerprint density at radius 3 is 2.43 bits per heavy atom. The van der Waals surface area contributed by atoms with Crippen molar-refractivity contribution in [3.63, 3.8) is 0 Å². The van der Waals surface area contributed by atoms with E-state index in [0.29, 0.717) is 16.9 Å². The van der Waals surface area contributed by atoms with Gasteiger partial charge in [0.1, 0.15) is 10.5 Å². The normalized spacial score (nSPS) is 12.0. The molecule has 0 radical (unpaired) electrons. The second-order valence-electron chi connectivity index (χ2n) is 3.89. The van der Waals surface area contributed by atoms with Gasteiger partial charge in [-0.05, 0) is 38.0 Å². The van der Waals surface area contributed by atoms with E-state index in [-0.39, 0.29) is 5.60 Å². The maximum atomic E-state index is 12.9. The van der Waals surface area contributed by atoms with Crippen LogP contribution in [0.15, 0.2) is 18.2 Å². The molecule has 0 amide bonds. The lowest BCUT2D eigenvalue weighted by Crippen LogP contribution is -2.26. The molecule has 0 unspecified atom stereocenters. The molecule has 0 fully saturated rings. The van der Waals surface area contributed by atoms with Crippen molar-refractivity contribution in [2.75, 3.05) is 0 Å². The Bertz CT molecular complexity index is 326. The summed E-state index contributed by atoms with van der Waals surface area (Å²) in [6.07, 6.45) is 0.591. The highest BCUT2D eigenvalue weighted by molar-refractivity contribution is 5.98. The molecule has 0 spiro atoms. The van der Waals surface area contributed by atoms with E-state index in [0.717, 1.165) is 11.6 Å². The van der Waals surface area contributed by atoms with Crippen LogP contribution in [-0.2, 0) is 10.8 Å². The number of benzene rings is 1. The van der Waals surface area contributed by atoms with Crippen molar-refractivity contribution in [2.24, 2.45) is 0 Å². The van der Waals surface area contributed by atoms with E-state index >= 15 is 0 Å². The molecule has 0 aliphatic carbocycles. The third-order valence-electron chi connectivity index (χ3n) is 2.17. The molecule has 14 heavy (non-hydrogen) atoms. The van der Waals surface area contributed by atoms with Crippen molar-refractivity contribution in [2.45, 2.75) is 25.9 Å². The van der Waals surface area contributed by atoms with Crippen LogP contribution < -0.4 is 0 Å². The minimum absolute atomic E-state index is 0.295. The zero-order valence-corrected chi connectivity index (χ0v) is 10.6. The van der Waals surface area contributed by atoms with Crippen molar-refractivity contribution in [1.82, 2.24) is 0 Å². The summed E-state index contributed by atoms with van der Waals surface area (Å²) in [5, 5.41) is 0. The van der Waals surface area contributed by atoms with Crippen LogP contribution in [0.5, 0.6) is 0 Å². The number of rotatable bonds is 3. The topological polar surface area (TPSA) is 9.23 Å². The lowest BCUT2D eigenvalue weighted by atomic mass is 9.99. The highest BCUT2D eigenvalue weighted by Crippen LogP contribution is 2.17. The van der Waals surface area contributed by atoms with Gasteiger partial charge < -0.3 is 4.43 Å². The maximum Gasteiger partial charge on any atom is 0.159 e. The fourth-order valence-corrected chi connectivity index (χ4v) is 1.36. The van der Waals surface area contributed by atoms with E-state index in [2.05, 4.69) is 0 Å². The van der Waals surface area contributed by atoms with Crippen molar-refractivity contribution in [1.29, 1.82) is 0 Å². The van der Waals surface area contributed by atoms with Gasteiger partial charge in [0, 0.05) is 0 Å². The second-order valence-corrected chi connectivity index (χ2v) is 4.30. The van der Waals surface area contributed by atoms with E-state index in [1.54, 1.807) is 6.07 Å². The Morgan fingerprint density at radius 2 is 1.93 bits per heavy atom.